The Morgan fingerprint density at radius 3 is 2.61 bits per heavy atom. The Bertz CT molecular complexity index is 425. The lowest BCUT2D eigenvalue weighted by Crippen LogP contribution is -2.26. The molecule has 1 aromatic carbocycles. The van der Waals surface area contributed by atoms with Crippen LogP contribution < -0.4 is 0 Å². The molecule has 2 atom stereocenters. The lowest BCUT2D eigenvalue weighted by atomic mass is 9.82. The summed E-state index contributed by atoms with van der Waals surface area (Å²) in [6.45, 7) is 5.24. The summed E-state index contributed by atoms with van der Waals surface area (Å²) in [6.07, 6.45) is 4.04. The first-order valence-corrected chi connectivity index (χ1v) is 6.78. The fraction of sp³-hybridized carbons (Fsp3) is 0.562. The van der Waals surface area contributed by atoms with Gasteiger partial charge in [0.25, 0.3) is 0 Å². The van der Waals surface area contributed by atoms with Crippen LogP contribution in [0.25, 0.3) is 0 Å². The molecule has 2 nitrogen and oxygen atoms in total. The molecule has 2 rings (SSSR count). The Morgan fingerprint density at radius 1 is 1.22 bits per heavy atom. The van der Waals surface area contributed by atoms with Crippen molar-refractivity contribution in [1.29, 1.82) is 5.26 Å². The number of hydrogen-bond acceptors (Lipinski definition) is 2. The summed E-state index contributed by atoms with van der Waals surface area (Å²) >= 11 is 0. The quantitative estimate of drug-likeness (QED) is 0.806. The van der Waals surface area contributed by atoms with Gasteiger partial charge in [-0.15, -0.1) is 0 Å². The Kier molecular flexibility index (Phi) is 4.38. The van der Waals surface area contributed by atoms with Crippen molar-refractivity contribution in [2.24, 2.45) is 11.8 Å². The summed E-state index contributed by atoms with van der Waals surface area (Å²) < 4.78 is 6.00. The highest BCUT2D eigenvalue weighted by molar-refractivity contribution is 5.32. The minimum absolute atomic E-state index is 0.384. The maximum Gasteiger partial charge on any atom is 0.0991 e. The predicted octanol–water partition coefficient (Wildman–Crippen LogP) is 3.90. The number of benzene rings is 1. The van der Waals surface area contributed by atoms with Gasteiger partial charge in [0, 0.05) is 0 Å². The monoisotopic (exact) mass is 243 g/mol. The zero-order chi connectivity index (χ0) is 13.0. The molecule has 96 valence electrons. The zero-order valence-corrected chi connectivity index (χ0v) is 11.2. The van der Waals surface area contributed by atoms with Gasteiger partial charge in [-0.05, 0) is 48.8 Å². The van der Waals surface area contributed by atoms with Crippen LogP contribution in [0.15, 0.2) is 24.3 Å². The van der Waals surface area contributed by atoms with E-state index in [1.54, 1.807) is 0 Å². The normalized spacial score (nSPS) is 27.7. The van der Waals surface area contributed by atoms with E-state index in [1.807, 2.05) is 24.3 Å². The van der Waals surface area contributed by atoms with Crippen LogP contribution in [-0.4, -0.2) is 6.10 Å². The van der Waals surface area contributed by atoms with Gasteiger partial charge >= 0.3 is 0 Å². The summed E-state index contributed by atoms with van der Waals surface area (Å²) in [4.78, 5) is 0. The van der Waals surface area contributed by atoms with E-state index in [0.717, 1.165) is 17.4 Å². The first kappa shape index (κ1) is 13.1. The average Bonchev–Trinajstić information content (AvgIpc) is 2.35. The van der Waals surface area contributed by atoms with Crippen molar-refractivity contribution in [1.82, 2.24) is 0 Å². The first-order chi connectivity index (χ1) is 8.67. The van der Waals surface area contributed by atoms with Crippen molar-refractivity contribution in [2.45, 2.75) is 45.8 Å². The van der Waals surface area contributed by atoms with Gasteiger partial charge in [-0.1, -0.05) is 26.0 Å². The summed E-state index contributed by atoms with van der Waals surface area (Å²) in [5.41, 5.74) is 1.81. The second kappa shape index (κ2) is 6.02. The van der Waals surface area contributed by atoms with Crippen molar-refractivity contribution in [3.8, 4) is 6.07 Å². The summed E-state index contributed by atoms with van der Waals surface area (Å²) in [6, 6.07) is 9.85. The maximum absolute atomic E-state index is 8.86. The van der Waals surface area contributed by atoms with E-state index in [1.165, 1.54) is 19.3 Å². The van der Waals surface area contributed by atoms with Crippen molar-refractivity contribution >= 4 is 0 Å². The highest BCUT2D eigenvalue weighted by Crippen LogP contribution is 2.30. The number of ether oxygens (including phenoxy) is 1. The summed E-state index contributed by atoms with van der Waals surface area (Å²) in [5.74, 6) is 1.54. The van der Waals surface area contributed by atoms with E-state index in [-0.39, 0.29) is 0 Å². The third-order valence-electron chi connectivity index (χ3n) is 3.68. The fourth-order valence-corrected chi connectivity index (χ4v) is 2.95. The number of nitrogens with zero attached hydrogens (tertiary/aromatic N) is 1. The molecule has 2 unspecified atom stereocenters. The molecule has 1 saturated carbocycles. The van der Waals surface area contributed by atoms with E-state index in [4.69, 9.17) is 10.00 Å². The highest BCUT2D eigenvalue weighted by atomic mass is 16.5. The van der Waals surface area contributed by atoms with Crippen LogP contribution >= 0.6 is 0 Å². The molecule has 18 heavy (non-hydrogen) atoms. The molecule has 0 saturated heterocycles. The molecule has 0 bridgehead atoms. The molecule has 0 heterocycles. The van der Waals surface area contributed by atoms with Crippen LogP contribution in [0.2, 0.25) is 0 Å². The molecule has 0 radical (unpaired) electrons. The van der Waals surface area contributed by atoms with Gasteiger partial charge in [-0.3, -0.25) is 0 Å². The van der Waals surface area contributed by atoms with Gasteiger partial charge in [0.2, 0.25) is 0 Å². The molecule has 2 heteroatoms. The predicted molar refractivity (Wildman–Crippen MR) is 71.9 cm³/mol. The van der Waals surface area contributed by atoms with Crippen LogP contribution in [0.1, 0.15) is 44.2 Å². The standard InChI is InChI=1S/C16H21NO/c1-12-6-13(2)8-16(7-12)18-11-15-5-3-4-14(9-15)10-17/h3-5,9,12-13,16H,6-8,11H2,1-2H3. The second-order valence-electron chi connectivity index (χ2n) is 5.66. The highest BCUT2D eigenvalue weighted by Gasteiger charge is 2.24. The van der Waals surface area contributed by atoms with E-state index in [0.29, 0.717) is 18.3 Å². The lowest BCUT2D eigenvalue weighted by Gasteiger charge is -2.31. The maximum atomic E-state index is 8.86. The molecule has 1 aromatic rings. The topological polar surface area (TPSA) is 33.0 Å². The van der Waals surface area contributed by atoms with Crippen LogP contribution in [0.3, 0.4) is 0 Å². The molecule has 0 spiro atoms. The molecular formula is C16H21NO. The van der Waals surface area contributed by atoms with Crippen molar-refractivity contribution in [3.63, 3.8) is 0 Å². The molecule has 1 aliphatic carbocycles. The van der Waals surface area contributed by atoms with Gasteiger partial charge in [0.1, 0.15) is 0 Å². The summed E-state index contributed by atoms with van der Waals surface area (Å²) in [7, 11) is 0. The average molecular weight is 243 g/mol. The smallest absolute Gasteiger partial charge is 0.0991 e. The van der Waals surface area contributed by atoms with E-state index < -0.39 is 0 Å². The second-order valence-corrected chi connectivity index (χ2v) is 5.66. The largest absolute Gasteiger partial charge is 0.374 e. The molecule has 1 aliphatic rings. The Hall–Kier alpha value is -1.33. The van der Waals surface area contributed by atoms with Gasteiger partial charge in [-0.2, -0.15) is 5.26 Å². The molecule has 0 aromatic heterocycles. The van der Waals surface area contributed by atoms with Crippen LogP contribution in [0.4, 0.5) is 0 Å². The fourth-order valence-electron chi connectivity index (χ4n) is 2.95. The van der Waals surface area contributed by atoms with Crippen LogP contribution in [0.5, 0.6) is 0 Å². The molecule has 1 fully saturated rings. The number of hydrogen-bond donors (Lipinski definition) is 0. The molecule has 0 N–H and O–H groups in total. The van der Waals surface area contributed by atoms with Gasteiger partial charge in [-0.25, -0.2) is 0 Å². The van der Waals surface area contributed by atoms with Crippen LogP contribution in [-0.2, 0) is 11.3 Å². The SMILES string of the molecule is CC1CC(C)CC(OCc2cccc(C#N)c2)C1. The summed E-state index contributed by atoms with van der Waals surface area (Å²) in [5, 5.41) is 8.86. The third kappa shape index (κ3) is 3.58. The lowest BCUT2D eigenvalue weighted by molar-refractivity contribution is -0.00916. The number of nitriles is 1. The minimum atomic E-state index is 0.384. The molecule has 0 amide bonds. The minimum Gasteiger partial charge on any atom is -0.374 e. The van der Waals surface area contributed by atoms with E-state index in [9.17, 15) is 0 Å². The van der Waals surface area contributed by atoms with Gasteiger partial charge in [0.15, 0.2) is 0 Å². The van der Waals surface area contributed by atoms with Crippen molar-refractivity contribution in [2.75, 3.05) is 0 Å². The first-order valence-electron chi connectivity index (χ1n) is 6.78. The third-order valence-corrected chi connectivity index (χ3v) is 3.68. The Labute approximate surface area is 110 Å². The van der Waals surface area contributed by atoms with E-state index in [2.05, 4.69) is 19.9 Å². The van der Waals surface area contributed by atoms with Crippen molar-refractivity contribution < 1.29 is 4.74 Å². The van der Waals surface area contributed by atoms with Gasteiger partial charge in [0.05, 0.1) is 24.3 Å². The zero-order valence-electron chi connectivity index (χ0n) is 11.2. The van der Waals surface area contributed by atoms with Gasteiger partial charge < -0.3 is 4.74 Å². The van der Waals surface area contributed by atoms with Crippen LogP contribution in [0, 0.1) is 23.2 Å². The number of rotatable bonds is 3. The van der Waals surface area contributed by atoms with Crippen molar-refractivity contribution in [3.05, 3.63) is 35.4 Å². The molecular weight excluding hydrogens is 222 g/mol. The van der Waals surface area contributed by atoms with E-state index >= 15 is 0 Å². The molecule has 0 aliphatic heterocycles. The Morgan fingerprint density at radius 2 is 1.94 bits per heavy atom. The Balaban J connectivity index is 1.89.